The van der Waals surface area contributed by atoms with Crippen molar-refractivity contribution in [2.75, 3.05) is 19.8 Å². The van der Waals surface area contributed by atoms with Gasteiger partial charge in [-0.3, -0.25) is 4.79 Å². The van der Waals surface area contributed by atoms with Crippen LogP contribution in [0.4, 0.5) is 0 Å². The van der Waals surface area contributed by atoms with Crippen LogP contribution < -0.4 is 5.32 Å². The van der Waals surface area contributed by atoms with Crippen LogP contribution in [0.2, 0.25) is 0 Å². The quantitative estimate of drug-likeness (QED) is 0.544. The average Bonchev–Trinajstić information content (AvgIpc) is 1.85. The SMILES string of the molecule is CC[N]C(=O)COCC. The second-order valence-corrected chi connectivity index (χ2v) is 1.51. The summed E-state index contributed by atoms with van der Waals surface area (Å²) in [7, 11) is 0. The van der Waals surface area contributed by atoms with Crippen molar-refractivity contribution >= 4 is 5.91 Å². The lowest BCUT2D eigenvalue weighted by atomic mass is 10.6. The molecule has 0 heterocycles. The van der Waals surface area contributed by atoms with Crippen molar-refractivity contribution in [2.45, 2.75) is 13.8 Å². The van der Waals surface area contributed by atoms with Crippen LogP contribution in [0.15, 0.2) is 0 Å². The number of rotatable bonds is 4. The molecule has 0 bridgehead atoms. The zero-order valence-electron chi connectivity index (χ0n) is 5.89. The molecule has 3 heteroatoms. The highest BCUT2D eigenvalue weighted by atomic mass is 16.5. The summed E-state index contributed by atoms with van der Waals surface area (Å²) >= 11 is 0. The topological polar surface area (TPSA) is 40.4 Å². The van der Waals surface area contributed by atoms with Crippen LogP contribution in [0, 0.1) is 0 Å². The van der Waals surface area contributed by atoms with E-state index in [0.717, 1.165) is 0 Å². The maximum absolute atomic E-state index is 10.5. The number of nitrogens with zero attached hydrogens (tertiary/aromatic N) is 1. The fraction of sp³-hybridized carbons (Fsp3) is 0.833. The first-order valence-corrected chi connectivity index (χ1v) is 3.09. The molecule has 9 heavy (non-hydrogen) atoms. The van der Waals surface area contributed by atoms with Gasteiger partial charge in [-0.05, 0) is 13.8 Å². The molecule has 0 unspecified atom stereocenters. The minimum absolute atomic E-state index is 0.129. The van der Waals surface area contributed by atoms with Crippen molar-refractivity contribution in [2.24, 2.45) is 0 Å². The van der Waals surface area contributed by atoms with Crippen LogP contribution >= 0.6 is 0 Å². The molecule has 0 spiro atoms. The minimum Gasteiger partial charge on any atom is -0.372 e. The maximum Gasteiger partial charge on any atom is 0.267 e. The van der Waals surface area contributed by atoms with E-state index in [2.05, 4.69) is 5.32 Å². The second-order valence-electron chi connectivity index (χ2n) is 1.51. The second kappa shape index (κ2) is 5.56. The first kappa shape index (κ1) is 8.43. The van der Waals surface area contributed by atoms with E-state index in [0.29, 0.717) is 13.2 Å². The van der Waals surface area contributed by atoms with E-state index in [9.17, 15) is 4.79 Å². The van der Waals surface area contributed by atoms with Gasteiger partial charge in [0.25, 0.3) is 5.91 Å². The predicted molar refractivity (Wildman–Crippen MR) is 34.2 cm³/mol. The summed E-state index contributed by atoms with van der Waals surface area (Å²) in [6.07, 6.45) is 0. The summed E-state index contributed by atoms with van der Waals surface area (Å²) in [6.45, 7) is 4.92. The number of carbonyl (C=O) groups is 1. The van der Waals surface area contributed by atoms with Crippen LogP contribution in [0.3, 0.4) is 0 Å². The molecule has 0 aliphatic rings. The molecule has 3 nitrogen and oxygen atoms in total. The van der Waals surface area contributed by atoms with Crippen LogP contribution in [0.25, 0.3) is 0 Å². The van der Waals surface area contributed by atoms with Crippen molar-refractivity contribution in [1.29, 1.82) is 0 Å². The Kier molecular flexibility index (Phi) is 5.21. The van der Waals surface area contributed by atoms with Gasteiger partial charge in [0.15, 0.2) is 0 Å². The lowest BCUT2D eigenvalue weighted by Crippen LogP contribution is -2.20. The molecule has 0 aromatic carbocycles. The molecule has 0 rings (SSSR count). The van der Waals surface area contributed by atoms with E-state index < -0.39 is 0 Å². The Balaban J connectivity index is 3.06. The normalized spacial score (nSPS) is 9.11. The molecule has 0 N–H and O–H groups in total. The molecule has 0 saturated carbocycles. The van der Waals surface area contributed by atoms with E-state index >= 15 is 0 Å². The van der Waals surface area contributed by atoms with Crippen molar-refractivity contribution < 1.29 is 9.53 Å². The van der Waals surface area contributed by atoms with Gasteiger partial charge in [0.2, 0.25) is 0 Å². The smallest absolute Gasteiger partial charge is 0.267 e. The summed E-state index contributed by atoms with van der Waals surface area (Å²) in [5.41, 5.74) is 0. The molecule has 0 saturated heterocycles. The molecular weight excluding hydrogens is 118 g/mol. The van der Waals surface area contributed by atoms with Gasteiger partial charge in [0, 0.05) is 13.2 Å². The van der Waals surface area contributed by atoms with Crippen LogP contribution in [0.1, 0.15) is 13.8 Å². The van der Waals surface area contributed by atoms with Crippen molar-refractivity contribution in [3.05, 3.63) is 0 Å². The molecule has 1 radical (unpaired) electrons. The third-order valence-corrected chi connectivity index (χ3v) is 0.764. The monoisotopic (exact) mass is 130 g/mol. The van der Waals surface area contributed by atoms with Crippen LogP contribution in [-0.2, 0) is 9.53 Å². The Hall–Kier alpha value is -0.570. The summed E-state index contributed by atoms with van der Waals surface area (Å²) in [5.74, 6) is -0.167. The summed E-state index contributed by atoms with van der Waals surface area (Å²) in [4.78, 5) is 10.5. The Morgan fingerprint density at radius 1 is 1.56 bits per heavy atom. The first-order chi connectivity index (χ1) is 4.31. The highest BCUT2D eigenvalue weighted by Crippen LogP contribution is 1.73. The van der Waals surface area contributed by atoms with Gasteiger partial charge in [-0.2, -0.15) is 0 Å². The molecular formula is C6H12NO2. The van der Waals surface area contributed by atoms with Gasteiger partial charge < -0.3 is 4.74 Å². The zero-order chi connectivity index (χ0) is 7.11. The maximum atomic E-state index is 10.5. The lowest BCUT2D eigenvalue weighted by Gasteiger charge is -1.97. The number of likely N-dealkylation sites (N-methyl/N-ethyl adjacent to an activating group) is 1. The van der Waals surface area contributed by atoms with Crippen molar-refractivity contribution in [1.82, 2.24) is 5.32 Å². The Morgan fingerprint density at radius 3 is 2.67 bits per heavy atom. The number of hydrogen-bond acceptors (Lipinski definition) is 2. The number of amides is 1. The third kappa shape index (κ3) is 5.30. The molecule has 0 aromatic rings. The van der Waals surface area contributed by atoms with Gasteiger partial charge in [-0.25, -0.2) is 5.32 Å². The zero-order valence-corrected chi connectivity index (χ0v) is 5.89. The molecule has 53 valence electrons. The summed E-state index contributed by atoms with van der Waals surface area (Å²) < 4.78 is 4.80. The van der Waals surface area contributed by atoms with E-state index in [1.807, 2.05) is 13.8 Å². The highest BCUT2D eigenvalue weighted by molar-refractivity contribution is 5.76. The lowest BCUT2D eigenvalue weighted by molar-refractivity contribution is -0.125. The minimum atomic E-state index is -0.167. The first-order valence-electron chi connectivity index (χ1n) is 3.09. The number of carbonyl (C=O) groups excluding carboxylic acids is 1. The molecule has 0 aromatic heterocycles. The van der Waals surface area contributed by atoms with Crippen LogP contribution in [0.5, 0.6) is 0 Å². The Labute approximate surface area is 55.4 Å². The standard InChI is InChI=1S/C6H12NO2/c1-3-7-6(8)5-9-4-2/h3-5H2,1-2H3. The molecule has 1 amide bonds. The number of hydrogen-bond donors (Lipinski definition) is 0. The van der Waals surface area contributed by atoms with Gasteiger partial charge in [0.05, 0.1) is 0 Å². The highest BCUT2D eigenvalue weighted by Gasteiger charge is 1.97. The van der Waals surface area contributed by atoms with Crippen molar-refractivity contribution in [3.8, 4) is 0 Å². The molecule has 0 aliphatic heterocycles. The Morgan fingerprint density at radius 2 is 2.22 bits per heavy atom. The molecule has 0 fully saturated rings. The number of ether oxygens (including phenoxy) is 1. The van der Waals surface area contributed by atoms with Crippen molar-refractivity contribution in [3.63, 3.8) is 0 Å². The molecule has 0 aliphatic carbocycles. The Bertz CT molecular complexity index is 83.1. The predicted octanol–water partition coefficient (Wildman–Crippen LogP) is 0.174. The van der Waals surface area contributed by atoms with E-state index in [4.69, 9.17) is 4.74 Å². The van der Waals surface area contributed by atoms with Gasteiger partial charge >= 0.3 is 0 Å². The van der Waals surface area contributed by atoms with E-state index in [-0.39, 0.29) is 12.5 Å². The molecule has 0 atom stereocenters. The van der Waals surface area contributed by atoms with Gasteiger partial charge in [-0.15, -0.1) is 0 Å². The van der Waals surface area contributed by atoms with E-state index in [1.54, 1.807) is 0 Å². The third-order valence-electron chi connectivity index (χ3n) is 0.764. The van der Waals surface area contributed by atoms with E-state index in [1.165, 1.54) is 0 Å². The van der Waals surface area contributed by atoms with Gasteiger partial charge in [-0.1, -0.05) is 0 Å². The fourth-order valence-corrected chi connectivity index (χ4v) is 0.411. The fourth-order valence-electron chi connectivity index (χ4n) is 0.411. The van der Waals surface area contributed by atoms with Gasteiger partial charge in [0.1, 0.15) is 6.61 Å². The van der Waals surface area contributed by atoms with Crippen LogP contribution in [-0.4, -0.2) is 25.7 Å². The summed E-state index contributed by atoms with van der Waals surface area (Å²) in [5, 5.41) is 3.60. The summed E-state index contributed by atoms with van der Waals surface area (Å²) in [6, 6.07) is 0. The average molecular weight is 130 g/mol. The largest absolute Gasteiger partial charge is 0.372 e.